The Morgan fingerprint density at radius 1 is 1.11 bits per heavy atom. The molecule has 4 heterocycles. The van der Waals surface area contributed by atoms with Gasteiger partial charge in [0.1, 0.15) is 11.2 Å². The molecule has 2 amide bonds. The molecule has 1 N–H and O–H groups in total. The van der Waals surface area contributed by atoms with Crippen molar-refractivity contribution in [2.75, 3.05) is 19.6 Å². The lowest BCUT2D eigenvalue weighted by atomic mass is 9.83. The number of amides is 2. The fourth-order valence-corrected chi connectivity index (χ4v) is 5.22. The molecule has 3 atom stereocenters. The molecule has 4 aliphatic rings. The minimum absolute atomic E-state index is 0.154. The van der Waals surface area contributed by atoms with Crippen molar-refractivity contribution in [2.24, 2.45) is 0 Å². The predicted octanol–water partition coefficient (Wildman–Crippen LogP) is 2.88. The van der Waals surface area contributed by atoms with E-state index in [4.69, 9.17) is 9.47 Å². The van der Waals surface area contributed by atoms with E-state index in [1.165, 1.54) is 12.8 Å². The van der Waals surface area contributed by atoms with Crippen LogP contribution in [-0.4, -0.2) is 70.9 Å². The summed E-state index contributed by atoms with van der Waals surface area (Å²) in [5, 5.41) is 3.63. The van der Waals surface area contributed by atoms with Crippen molar-refractivity contribution in [3.05, 3.63) is 0 Å². The number of nitrogens with one attached hydrogen (secondary N) is 1. The predicted molar refractivity (Wildman–Crippen MR) is 101 cm³/mol. The smallest absolute Gasteiger partial charge is 0.410 e. The highest BCUT2D eigenvalue weighted by Gasteiger charge is 2.50. The van der Waals surface area contributed by atoms with Gasteiger partial charge in [-0.3, -0.25) is 0 Å². The number of carbonyl (C=O) groups is 2. The zero-order valence-electron chi connectivity index (χ0n) is 16.8. The number of rotatable bonds is 1. The van der Waals surface area contributed by atoms with Gasteiger partial charge in [-0.2, -0.15) is 0 Å². The Morgan fingerprint density at radius 2 is 1.74 bits per heavy atom. The Bertz CT molecular complexity index is 583. The van der Waals surface area contributed by atoms with Crippen LogP contribution in [0.1, 0.15) is 65.7 Å². The number of nitrogens with zero attached hydrogens (tertiary/aromatic N) is 2. The number of hydrogen-bond acceptors (Lipinski definition) is 5. The highest BCUT2D eigenvalue weighted by atomic mass is 16.6. The van der Waals surface area contributed by atoms with Crippen LogP contribution in [0.4, 0.5) is 9.59 Å². The van der Waals surface area contributed by atoms with E-state index >= 15 is 0 Å². The Balaban J connectivity index is 1.30. The van der Waals surface area contributed by atoms with Gasteiger partial charge in [-0.1, -0.05) is 0 Å². The van der Waals surface area contributed by atoms with Crippen LogP contribution < -0.4 is 5.32 Å². The van der Waals surface area contributed by atoms with Crippen molar-refractivity contribution < 1.29 is 19.1 Å². The van der Waals surface area contributed by atoms with Crippen LogP contribution in [0, 0.1) is 0 Å². The molecule has 0 saturated carbocycles. The van der Waals surface area contributed by atoms with E-state index in [-0.39, 0.29) is 23.8 Å². The van der Waals surface area contributed by atoms with Gasteiger partial charge in [0.25, 0.3) is 0 Å². The molecule has 4 aliphatic heterocycles. The largest absolute Gasteiger partial charge is 0.444 e. The molecule has 27 heavy (non-hydrogen) atoms. The molecular formula is C20H33N3O4. The molecule has 4 fully saturated rings. The van der Waals surface area contributed by atoms with Crippen molar-refractivity contribution in [2.45, 2.75) is 95.0 Å². The van der Waals surface area contributed by atoms with Crippen molar-refractivity contribution in [3.63, 3.8) is 0 Å². The summed E-state index contributed by atoms with van der Waals surface area (Å²) in [5.41, 5.74) is -0.727. The molecule has 0 aromatic carbocycles. The van der Waals surface area contributed by atoms with E-state index in [1.54, 1.807) is 4.90 Å². The van der Waals surface area contributed by atoms with Gasteiger partial charge >= 0.3 is 12.2 Å². The summed E-state index contributed by atoms with van der Waals surface area (Å²) >= 11 is 0. The summed E-state index contributed by atoms with van der Waals surface area (Å²) in [6.07, 6.45) is 6.42. The van der Waals surface area contributed by atoms with Gasteiger partial charge in [-0.25, -0.2) is 9.59 Å². The highest BCUT2D eigenvalue weighted by Crippen LogP contribution is 2.41. The van der Waals surface area contributed by atoms with E-state index in [2.05, 4.69) is 5.32 Å². The van der Waals surface area contributed by atoms with Crippen molar-refractivity contribution in [1.29, 1.82) is 0 Å². The number of fused-ring (bicyclic) bond motifs is 2. The molecule has 0 aromatic heterocycles. The Hall–Kier alpha value is -1.50. The van der Waals surface area contributed by atoms with Crippen LogP contribution in [0.25, 0.3) is 0 Å². The van der Waals surface area contributed by atoms with Gasteiger partial charge in [-0.05, 0) is 46.5 Å². The molecule has 152 valence electrons. The molecule has 1 unspecified atom stereocenters. The fourth-order valence-electron chi connectivity index (χ4n) is 5.22. The third kappa shape index (κ3) is 4.03. The Kier molecular flexibility index (Phi) is 4.77. The second-order valence-electron chi connectivity index (χ2n) is 9.74. The summed E-state index contributed by atoms with van der Waals surface area (Å²) in [6.45, 7) is 7.67. The van der Waals surface area contributed by atoms with Crippen LogP contribution >= 0.6 is 0 Å². The second-order valence-corrected chi connectivity index (χ2v) is 9.74. The molecule has 2 bridgehead atoms. The normalized spacial score (nSPS) is 34.7. The standard InChI is InChI=1S/C20H33N3O4/c1-19(2,3)26-17(24)22-9-6-16(7-10-22)23-11-8-20(27-18(23)25)12-14-4-5-15(13-20)21-14/h14-16,21H,4-13H2,1-3H3/t14-,15+,20?. The van der Waals surface area contributed by atoms with Gasteiger partial charge < -0.3 is 24.6 Å². The quantitative estimate of drug-likeness (QED) is 0.759. The summed E-state index contributed by atoms with van der Waals surface area (Å²) < 4.78 is 11.5. The number of piperidine rings is 2. The van der Waals surface area contributed by atoms with E-state index in [9.17, 15) is 9.59 Å². The van der Waals surface area contributed by atoms with E-state index in [0.717, 1.165) is 38.6 Å². The number of carbonyl (C=O) groups excluding carboxylic acids is 2. The molecule has 4 rings (SSSR count). The van der Waals surface area contributed by atoms with Gasteiger partial charge in [0, 0.05) is 57.0 Å². The van der Waals surface area contributed by atoms with Crippen LogP contribution in [-0.2, 0) is 9.47 Å². The van der Waals surface area contributed by atoms with Crippen molar-refractivity contribution >= 4 is 12.2 Å². The van der Waals surface area contributed by atoms with Gasteiger partial charge in [0.2, 0.25) is 0 Å². The summed E-state index contributed by atoms with van der Waals surface area (Å²) in [7, 11) is 0. The van der Waals surface area contributed by atoms with Crippen molar-refractivity contribution in [3.8, 4) is 0 Å². The van der Waals surface area contributed by atoms with Crippen molar-refractivity contribution in [1.82, 2.24) is 15.1 Å². The average Bonchev–Trinajstić information content (AvgIpc) is 2.93. The fraction of sp³-hybridized carbons (Fsp3) is 0.900. The van der Waals surface area contributed by atoms with Gasteiger partial charge in [-0.15, -0.1) is 0 Å². The van der Waals surface area contributed by atoms with Crippen LogP contribution in [0.15, 0.2) is 0 Å². The number of hydrogen-bond donors (Lipinski definition) is 1. The SMILES string of the molecule is CC(C)(C)OC(=O)N1CCC(N2CCC3(C[C@H]4CC[C@@H](C3)N4)OC2=O)CC1. The topological polar surface area (TPSA) is 71.1 Å². The van der Waals surface area contributed by atoms with E-state index in [1.807, 2.05) is 25.7 Å². The minimum Gasteiger partial charge on any atom is -0.444 e. The lowest BCUT2D eigenvalue weighted by Crippen LogP contribution is -2.59. The Labute approximate surface area is 161 Å². The van der Waals surface area contributed by atoms with E-state index < -0.39 is 5.60 Å². The second kappa shape index (κ2) is 6.83. The monoisotopic (exact) mass is 379 g/mol. The number of likely N-dealkylation sites (tertiary alicyclic amines) is 1. The first-order chi connectivity index (χ1) is 12.7. The zero-order chi connectivity index (χ0) is 19.2. The maximum Gasteiger partial charge on any atom is 0.410 e. The first kappa shape index (κ1) is 18.8. The molecule has 1 spiro atoms. The van der Waals surface area contributed by atoms with Gasteiger partial charge in [0.05, 0.1) is 0 Å². The molecule has 7 nitrogen and oxygen atoms in total. The molecule has 4 saturated heterocycles. The van der Waals surface area contributed by atoms with Gasteiger partial charge in [0.15, 0.2) is 0 Å². The first-order valence-electron chi connectivity index (χ1n) is 10.5. The number of ether oxygens (including phenoxy) is 2. The van der Waals surface area contributed by atoms with Crippen LogP contribution in [0.5, 0.6) is 0 Å². The molecule has 0 aliphatic carbocycles. The zero-order valence-corrected chi connectivity index (χ0v) is 16.8. The van der Waals surface area contributed by atoms with Crippen LogP contribution in [0.3, 0.4) is 0 Å². The Morgan fingerprint density at radius 3 is 2.30 bits per heavy atom. The first-order valence-corrected chi connectivity index (χ1v) is 10.5. The highest BCUT2D eigenvalue weighted by molar-refractivity contribution is 5.70. The third-order valence-electron chi connectivity index (χ3n) is 6.48. The molecule has 7 heteroatoms. The summed E-state index contributed by atoms with van der Waals surface area (Å²) in [6, 6.07) is 1.19. The lowest BCUT2D eigenvalue weighted by molar-refractivity contribution is -0.0847. The molecular weight excluding hydrogens is 346 g/mol. The van der Waals surface area contributed by atoms with E-state index in [0.29, 0.717) is 25.2 Å². The lowest BCUT2D eigenvalue weighted by Gasteiger charge is -2.48. The molecule has 0 aromatic rings. The third-order valence-corrected chi connectivity index (χ3v) is 6.48. The molecule has 0 radical (unpaired) electrons. The minimum atomic E-state index is -0.479. The summed E-state index contributed by atoms with van der Waals surface area (Å²) in [4.78, 5) is 28.7. The van der Waals surface area contributed by atoms with Crippen LogP contribution in [0.2, 0.25) is 0 Å². The maximum atomic E-state index is 12.8. The average molecular weight is 380 g/mol. The maximum absolute atomic E-state index is 12.8. The summed E-state index contributed by atoms with van der Waals surface area (Å²) in [5.74, 6) is 0.